The summed E-state index contributed by atoms with van der Waals surface area (Å²) in [6.45, 7) is 0.814. The zero-order chi connectivity index (χ0) is 14.1. The van der Waals surface area contributed by atoms with E-state index in [0.717, 1.165) is 17.9 Å². The lowest BCUT2D eigenvalue weighted by atomic mass is 10.1. The van der Waals surface area contributed by atoms with E-state index in [1.807, 2.05) is 25.2 Å². The predicted octanol–water partition coefficient (Wildman–Crippen LogP) is 4.77. The highest BCUT2D eigenvalue weighted by Crippen LogP contribution is 2.30. The Kier molecular flexibility index (Phi) is 3.55. The van der Waals surface area contributed by atoms with E-state index in [1.165, 1.54) is 15.6 Å². The molecule has 0 saturated carbocycles. The topological polar surface area (TPSA) is 29.3 Å². The lowest BCUT2D eigenvalue weighted by Crippen LogP contribution is -2.17. The van der Waals surface area contributed by atoms with Crippen LogP contribution in [0.15, 0.2) is 47.8 Å². The molecule has 0 bridgehead atoms. The minimum absolute atomic E-state index is 0.705. The molecule has 0 aliphatic heterocycles. The molecule has 0 fully saturated rings. The summed E-state index contributed by atoms with van der Waals surface area (Å²) in [6, 6.07) is 14.0. The van der Waals surface area contributed by atoms with E-state index in [2.05, 4.69) is 34.5 Å². The molecule has 0 unspecified atom stereocenters. The fourth-order valence-electron chi connectivity index (χ4n) is 2.34. The number of nitrogens with zero attached hydrogens (tertiary/aromatic N) is 1. The molecule has 1 heterocycles. The molecule has 20 heavy (non-hydrogen) atoms. The zero-order valence-corrected chi connectivity index (χ0v) is 12.7. The Bertz CT molecular complexity index is 751. The second kappa shape index (κ2) is 5.35. The molecule has 1 aromatic heterocycles. The van der Waals surface area contributed by atoms with Crippen LogP contribution in [0.4, 0.5) is 11.4 Å². The minimum atomic E-state index is 0.705. The van der Waals surface area contributed by atoms with Gasteiger partial charge in [0.25, 0.3) is 0 Å². The van der Waals surface area contributed by atoms with Gasteiger partial charge in [0.1, 0.15) is 0 Å². The van der Waals surface area contributed by atoms with Crippen LogP contribution < -0.4 is 10.6 Å². The average molecular weight is 303 g/mol. The van der Waals surface area contributed by atoms with Crippen LogP contribution in [-0.2, 0) is 6.54 Å². The fourth-order valence-corrected chi connectivity index (χ4v) is 3.46. The van der Waals surface area contributed by atoms with Crippen molar-refractivity contribution in [1.82, 2.24) is 0 Å². The highest BCUT2D eigenvalue weighted by atomic mass is 35.5. The van der Waals surface area contributed by atoms with E-state index in [9.17, 15) is 0 Å². The number of anilines is 2. The molecular weight excluding hydrogens is 288 g/mol. The molecule has 0 amide bonds. The van der Waals surface area contributed by atoms with Crippen molar-refractivity contribution in [2.75, 3.05) is 17.7 Å². The maximum absolute atomic E-state index is 6.06. The zero-order valence-electron chi connectivity index (χ0n) is 11.1. The fraction of sp³-hybridized carbons (Fsp3) is 0.125. The van der Waals surface area contributed by atoms with Crippen molar-refractivity contribution in [1.29, 1.82) is 0 Å². The third kappa shape index (κ3) is 2.47. The highest BCUT2D eigenvalue weighted by Gasteiger charge is 2.10. The molecule has 2 nitrogen and oxygen atoms in total. The van der Waals surface area contributed by atoms with Gasteiger partial charge in [-0.15, -0.1) is 11.3 Å². The van der Waals surface area contributed by atoms with Gasteiger partial charge >= 0.3 is 0 Å². The first-order valence-corrected chi connectivity index (χ1v) is 7.62. The van der Waals surface area contributed by atoms with Crippen LogP contribution in [0.25, 0.3) is 10.1 Å². The molecule has 0 atom stereocenters. The van der Waals surface area contributed by atoms with Crippen LogP contribution in [-0.4, -0.2) is 7.05 Å². The summed E-state index contributed by atoms with van der Waals surface area (Å²) in [7, 11) is 2.04. The van der Waals surface area contributed by atoms with Crippen molar-refractivity contribution in [2.45, 2.75) is 6.54 Å². The summed E-state index contributed by atoms with van der Waals surface area (Å²) >= 11 is 7.83. The predicted molar refractivity (Wildman–Crippen MR) is 89.8 cm³/mol. The number of fused-ring (bicyclic) bond motifs is 1. The highest BCUT2D eigenvalue weighted by molar-refractivity contribution is 7.17. The van der Waals surface area contributed by atoms with Crippen molar-refractivity contribution in [2.24, 2.45) is 0 Å². The molecule has 0 aliphatic carbocycles. The van der Waals surface area contributed by atoms with Gasteiger partial charge in [-0.05, 0) is 40.6 Å². The van der Waals surface area contributed by atoms with Gasteiger partial charge < -0.3 is 10.6 Å². The summed E-state index contributed by atoms with van der Waals surface area (Å²) in [5.74, 6) is 0. The first kappa shape index (κ1) is 13.3. The van der Waals surface area contributed by atoms with Crippen LogP contribution >= 0.6 is 22.9 Å². The number of halogens is 1. The monoisotopic (exact) mass is 302 g/mol. The lowest BCUT2D eigenvalue weighted by molar-refractivity contribution is 0.935. The summed E-state index contributed by atoms with van der Waals surface area (Å²) in [5.41, 5.74) is 9.06. The minimum Gasteiger partial charge on any atom is -0.397 e. The van der Waals surface area contributed by atoms with Crippen LogP contribution in [0, 0.1) is 0 Å². The molecule has 0 saturated heterocycles. The maximum atomic E-state index is 6.06. The summed E-state index contributed by atoms with van der Waals surface area (Å²) in [5, 5.41) is 4.23. The third-order valence-electron chi connectivity index (χ3n) is 3.37. The molecule has 102 valence electrons. The van der Waals surface area contributed by atoms with Gasteiger partial charge in [0.15, 0.2) is 0 Å². The Morgan fingerprint density at radius 1 is 1.20 bits per heavy atom. The van der Waals surface area contributed by atoms with E-state index in [0.29, 0.717) is 5.02 Å². The van der Waals surface area contributed by atoms with E-state index in [4.69, 9.17) is 17.3 Å². The van der Waals surface area contributed by atoms with Gasteiger partial charge in [-0.25, -0.2) is 0 Å². The van der Waals surface area contributed by atoms with E-state index in [-0.39, 0.29) is 0 Å². The molecular formula is C16H15ClN2S. The number of benzene rings is 2. The van der Waals surface area contributed by atoms with Gasteiger partial charge in [-0.2, -0.15) is 0 Å². The Morgan fingerprint density at radius 2 is 2.00 bits per heavy atom. The van der Waals surface area contributed by atoms with Gasteiger partial charge in [0, 0.05) is 23.3 Å². The first-order valence-electron chi connectivity index (χ1n) is 6.36. The molecule has 2 aromatic carbocycles. The van der Waals surface area contributed by atoms with Crippen molar-refractivity contribution in [3.63, 3.8) is 0 Å². The number of nitrogens with two attached hydrogens (primary N) is 1. The largest absolute Gasteiger partial charge is 0.397 e. The second-order valence-electron chi connectivity index (χ2n) is 4.82. The standard InChI is InChI=1S/C16H15ClN2S/c1-19(15-8-12(17)6-7-14(15)18)9-11-10-20-16-5-3-2-4-13(11)16/h2-8,10H,9,18H2,1H3. The Labute approximate surface area is 127 Å². The average Bonchev–Trinajstić information content (AvgIpc) is 2.85. The summed E-state index contributed by atoms with van der Waals surface area (Å²) < 4.78 is 1.31. The molecule has 3 rings (SSSR count). The van der Waals surface area contributed by atoms with E-state index in [1.54, 1.807) is 11.3 Å². The molecule has 4 heteroatoms. The third-order valence-corrected chi connectivity index (χ3v) is 4.62. The normalized spacial score (nSPS) is 10.9. The Balaban J connectivity index is 1.92. The van der Waals surface area contributed by atoms with Crippen molar-refractivity contribution in [3.05, 3.63) is 58.4 Å². The summed E-state index contributed by atoms with van der Waals surface area (Å²) in [4.78, 5) is 2.13. The Morgan fingerprint density at radius 3 is 2.85 bits per heavy atom. The number of hydrogen-bond donors (Lipinski definition) is 1. The SMILES string of the molecule is CN(Cc1csc2ccccc12)c1cc(Cl)ccc1N. The summed E-state index contributed by atoms with van der Waals surface area (Å²) in [6.07, 6.45) is 0. The van der Waals surface area contributed by atoms with Gasteiger partial charge in [0.05, 0.1) is 11.4 Å². The van der Waals surface area contributed by atoms with Gasteiger partial charge in [0.2, 0.25) is 0 Å². The van der Waals surface area contributed by atoms with Crippen molar-refractivity contribution >= 4 is 44.4 Å². The van der Waals surface area contributed by atoms with Crippen LogP contribution in [0.5, 0.6) is 0 Å². The van der Waals surface area contributed by atoms with Crippen molar-refractivity contribution in [3.8, 4) is 0 Å². The number of nitrogen functional groups attached to an aromatic ring is 1. The van der Waals surface area contributed by atoms with Gasteiger partial charge in [-0.1, -0.05) is 29.8 Å². The number of hydrogen-bond acceptors (Lipinski definition) is 3. The Hall–Kier alpha value is -1.71. The van der Waals surface area contributed by atoms with Crippen LogP contribution in [0.3, 0.4) is 0 Å². The van der Waals surface area contributed by atoms with Gasteiger partial charge in [-0.3, -0.25) is 0 Å². The maximum Gasteiger partial charge on any atom is 0.0615 e. The van der Waals surface area contributed by atoms with E-state index < -0.39 is 0 Å². The van der Waals surface area contributed by atoms with Crippen LogP contribution in [0.1, 0.15) is 5.56 Å². The number of rotatable bonds is 3. The first-order chi connectivity index (χ1) is 9.65. The molecule has 2 N–H and O–H groups in total. The second-order valence-corrected chi connectivity index (χ2v) is 6.16. The van der Waals surface area contributed by atoms with Crippen LogP contribution in [0.2, 0.25) is 5.02 Å². The molecule has 3 aromatic rings. The molecule has 0 spiro atoms. The smallest absolute Gasteiger partial charge is 0.0615 e. The quantitative estimate of drug-likeness (QED) is 0.706. The number of thiophene rings is 1. The van der Waals surface area contributed by atoms with E-state index >= 15 is 0 Å². The molecule has 0 radical (unpaired) electrons. The molecule has 0 aliphatic rings. The van der Waals surface area contributed by atoms with Crippen molar-refractivity contribution < 1.29 is 0 Å². The lowest BCUT2D eigenvalue weighted by Gasteiger charge is -2.21.